The molecule has 1 fully saturated rings. The van der Waals surface area contributed by atoms with Gasteiger partial charge in [0, 0.05) is 45.0 Å². The molecule has 0 amide bonds. The number of methoxy groups -OCH3 is 1. The summed E-state index contributed by atoms with van der Waals surface area (Å²) in [5.41, 5.74) is 1.17. The summed E-state index contributed by atoms with van der Waals surface area (Å²) in [6.07, 6.45) is 3.47. The maximum absolute atomic E-state index is 5.75. The number of ether oxygens (including phenoxy) is 2. The summed E-state index contributed by atoms with van der Waals surface area (Å²) in [5, 5.41) is 6.84. The molecule has 1 aliphatic heterocycles. The van der Waals surface area contributed by atoms with Crippen molar-refractivity contribution in [2.75, 3.05) is 39.7 Å². The lowest BCUT2D eigenvalue weighted by molar-refractivity contribution is 0.172. The van der Waals surface area contributed by atoms with Crippen LogP contribution in [0.15, 0.2) is 29.3 Å². The van der Waals surface area contributed by atoms with Crippen LogP contribution in [0.1, 0.15) is 31.7 Å². The van der Waals surface area contributed by atoms with Gasteiger partial charge in [-0.25, -0.2) is 0 Å². The summed E-state index contributed by atoms with van der Waals surface area (Å²) in [6.45, 7) is 5.39. The van der Waals surface area contributed by atoms with Crippen LogP contribution < -0.4 is 15.4 Å². The lowest BCUT2D eigenvalue weighted by atomic mass is 10.1. The van der Waals surface area contributed by atoms with Crippen molar-refractivity contribution in [2.24, 2.45) is 4.99 Å². The summed E-state index contributed by atoms with van der Waals surface area (Å²) in [5.74, 6) is 3.01. The van der Waals surface area contributed by atoms with Crippen LogP contribution in [0.5, 0.6) is 5.75 Å². The molecule has 140 valence electrons. The van der Waals surface area contributed by atoms with E-state index in [0.29, 0.717) is 11.4 Å². The van der Waals surface area contributed by atoms with Gasteiger partial charge in [-0.3, -0.25) is 4.99 Å². The molecule has 0 spiro atoms. The average molecular weight is 366 g/mol. The quantitative estimate of drug-likeness (QED) is 0.400. The van der Waals surface area contributed by atoms with Crippen molar-refractivity contribution in [1.29, 1.82) is 0 Å². The van der Waals surface area contributed by atoms with E-state index in [4.69, 9.17) is 9.47 Å². The Bertz CT molecular complexity index is 545. The Kier molecular flexibility index (Phi) is 8.41. The van der Waals surface area contributed by atoms with Gasteiger partial charge in [0.25, 0.3) is 0 Å². The molecular weight excluding hydrogens is 334 g/mol. The van der Waals surface area contributed by atoms with Gasteiger partial charge < -0.3 is 20.1 Å². The Morgan fingerprint density at radius 1 is 1.32 bits per heavy atom. The average Bonchev–Trinajstić information content (AvgIpc) is 3.06. The number of aliphatic imine (C=N–C) groups is 1. The van der Waals surface area contributed by atoms with Crippen LogP contribution in [0, 0.1) is 0 Å². The molecule has 1 aromatic carbocycles. The van der Waals surface area contributed by atoms with Crippen LogP contribution in [-0.4, -0.2) is 50.4 Å². The van der Waals surface area contributed by atoms with Crippen LogP contribution in [0.2, 0.25) is 0 Å². The lowest BCUT2D eigenvalue weighted by Gasteiger charge is -2.24. The fourth-order valence-electron chi connectivity index (χ4n) is 2.79. The fourth-order valence-corrected chi connectivity index (χ4v) is 4.04. The van der Waals surface area contributed by atoms with Crippen molar-refractivity contribution in [3.63, 3.8) is 0 Å². The van der Waals surface area contributed by atoms with Crippen LogP contribution in [0.25, 0.3) is 0 Å². The van der Waals surface area contributed by atoms with E-state index >= 15 is 0 Å². The molecule has 1 atom stereocenters. The van der Waals surface area contributed by atoms with Crippen molar-refractivity contribution in [1.82, 2.24) is 10.6 Å². The number of hydrogen-bond acceptors (Lipinski definition) is 4. The van der Waals surface area contributed by atoms with E-state index in [0.717, 1.165) is 37.8 Å². The Balaban J connectivity index is 1.76. The van der Waals surface area contributed by atoms with E-state index in [1.54, 1.807) is 7.11 Å². The minimum absolute atomic E-state index is 0.327. The van der Waals surface area contributed by atoms with Crippen molar-refractivity contribution >= 4 is 17.7 Å². The SMILES string of the molecule is CN=C(NCc1cccc(OCCCOC)c1)NCC1(C)CCCS1. The maximum atomic E-state index is 5.75. The molecule has 0 bridgehead atoms. The molecule has 0 aromatic heterocycles. The van der Waals surface area contributed by atoms with Gasteiger partial charge >= 0.3 is 0 Å². The van der Waals surface area contributed by atoms with Gasteiger partial charge in [-0.15, -0.1) is 0 Å². The molecule has 5 nitrogen and oxygen atoms in total. The number of thioether (sulfide) groups is 1. The van der Waals surface area contributed by atoms with E-state index in [1.807, 2.05) is 19.2 Å². The highest BCUT2D eigenvalue weighted by molar-refractivity contribution is 8.00. The molecule has 1 aromatic rings. The first-order valence-electron chi connectivity index (χ1n) is 8.94. The molecule has 0 aliphatic carbocycles. The molecular formula is C19H31N3O2S. The smallest absolute Gasteiger partial charge is 0.191 e. The molecule has 2 N–H and O–H groups in total. The first-order chi connectivity index (χ1) is 12.1. The van der Waals surface area contributed by atoms with Gasteiger partial charge in [-0.1, -0.05) is 12.1 Å². The summed E-state index contributed by atoms with van der Waals surface area (Å²) in [7, 11) is 3.52. The molecule has 1 saturated heterocycles. The lowest BCUT2D eigenvalue weighted by Crippen LogP contribution is -2.43. The van der Waals surface area contributed by atoms with Crippen molar-refractivity contribution in [3.05, 3.63) is 29.8 Å². The molecule has 0 radical (unpaired) electrons. The van der Waals surface area contributed by atoms with E-state index < -0.39 is 0 Å². The molecule has 0 saturated carbocycles. The number of nitrogens with zero attached hydrogens (tertiary/aromatic N) is 1. The van der Waals surface area contributed by atoms with E-state index in [9.17, 15) is 0 Å². The van der Waals surface area contributed by atoms with Gasteiger partial charge in [0.05, 0.1) is 6.61 Å². The zero-order valence-electron chi connectivity index (χ0n) is 15.6. The first kappa shape index (κ1) is 19.9. The summed E-state index contributed by atoms with van der Waals surface area (Å²) < 4.78 is 11.1. The molecule has 1 aliphatic rings. The summed E-state index contributed by atoms with van der Waals surface area (Å²) >= 11 is 2.05. The van der Waals surface area contributed by atoms with Gasteiger partial charge in [0.15, 0.2) is 5.96 Å². The van der Waals surface area contributed by atoms with Crippen molar-refractivity contribution < 1.29 is 9.47 Å². The van der Waals surface area contributed by atoms with Crippen LogP contribution in [0.4, 0.5) is 0 Å². The molecule has 2 rings (SSSR count). The Morgan fingerprint density at radius 3 is 2.92 bits per heavy atom. The third-order valence-electron chi connectivity index (χ3n) is 4.27. The number of hydrogen-bond donors (Lipinski definition) is 2. The zero-order chi connectivity index (χ0) is 18.0. The van der Waals surface area contributed by atoms with Gasteiger partial charge in [-0.2, -0.15) is 11.8 Å². The highest BCUT2D eigenvalue weighted by Crippen LogP contribution is 2.36. The van der Waals surface area contributed by atoms with E-state index in [1.165, 1.54) is 24.2 Å². The minimum atomic E-state index is 0.327. The summed E-state index contributed by atoms with van der Waals surface area (Å²) in [4.78, 5) is 4.33. The zero-order valence-corrected chi connectivity index (χ0v) is 16.5. The minimum Gasteiger partial charge on any atom is -0.493 e. The van der Waals surface area contributed by atoms with E-state index in [-0.39, 0.29) is 0 Å². The Morgan fingerprint density at radius 2 is 2.20 bits per heavy atom. The second-order valence-electron chi connectivity index (χ2n) is 6.52. The standard InChI is InChI=1S/C19H31N3O2S/c1-19(9-5-12-25-19)15-22-18(20-2)21-14-16-7-4-8-17(13-16)24-11-6-10-23-3/h4,7-8,13H,5-6,9-12,14-15H2,1-3H3,(H2,20,21,22). The largest absolute Gasteiger partial charge is 0.493 e. The maximum Gasteiger partial charge on any atom is 0.191 e. The predicted octanol–water partition coefficient (Wildman–Crippen LogP) is 3.05. The highest BCUT2D eigenvalue weighted by Gasteiger charge is 2.29. The van der Waals surface area contributed by atoms with Crippen molar-refractivity contribution in [3.8, 4) is 5.75 Å². The van der Waals surface area contributed by atoms with Crippen LogP contribution >= 0.6 is 11.8 Å². The molecule has 1 unspecified atom stereocenters. The van der Waals surface area contributed by atoms with Crippen LogP contribution in [0.3, 0.4) is 0 Å². The molecule has 25 heavy (non-hydrogen) atoms. The van der Waals surface area contributed by atoms with E-state index in [2.05, 4.69) is 46.4 Å². The van der Waals surface area contributed by atoms with Gasteiger partial charge in [-0.05, 0) is 43.2 Å². The number of rotatable bonds is 9. The highest BCUT2D eigenvalue weighted by atomic mass is 32.2. The Labute approximate surface area is 156 Å². The van der Waals surface area contributed by atoms with Gasteiger partial charge in [0.1, 0.15) is 5.75 Å². The number of guanidine groups is 1. The first-order valence-corrected chi connectivity index (χ1v) is 9.93. The number of benzene rings is 1. The second kappa shape index (κ2) is 10.6. The third kappa shape index (κ3) is 7.16. The monoisotopic (exact) mass is 365 g/mol. The molecule has 6 heteroatoms. The fraction of sp³-hybridized carbons (Fsp3) is 0.632. The second-order valence-corrected chi connectivity index (χ2v) is 8.21. The number of nitrogens with one attached hydrogen (secondary N) is 2. The van der Waals surface area contributed by atoms with Gasteiger partial charge in [0.2, 0.25) is 0 Å². The normalized spacial score (nSPS) is 20.5. The summed E-state index contributed by atoms with van der Waals surface area (Å²) in [6, 6.07) is 8.17. The van der Waals surface area contributed by atoms with Crippen molar-refractivity contribution in [2.45, 2.75) is 37.5 Å². The topological polar surface area (TPSA) is 54.9 Å². The Hall–Kier alpha value is -1.40. The van der Waals surface area contributed by atoms with Crippen LogP contribution in [-0.2, 0) is 11.3 Å². The third-order valence-corrected chi connectivity index (χ3v) is 5.81. The predicted molar refractivity (Wildman–Crippen MR) is 107 cm³/mol. The molecule has 1 heterocycles.